The van der Waals surface area contributed by atoms with Crippen LogP contribution in [0.1, 0.15) is 12.8 Å². The summed E-state index contributed by atoms with van der Waals surface area (Å²) in [5.74, 6) is 1.19. The van der Waals surface area contributed by atoms with Gasteiger partial charge in [0.05, 0.1) is 30.8 Å². The van der Waals surface area contributed by atoms with Crippen molar-refractivity contribution in [1.29, 1.82) is 0 Å². The summed E-state index contributed by atoms with van der Waals surface area (Å²) in [4.78, 5) is 29.8. The Labute approximate surface area is 140 Å². The quantitative estimate of drug-likeness (QED) is 0.822. The third-order valence-corrected chi connectivity index (χ3v) is 4.81. The average molecular weight is 327 g/mol. The van der Waals surface area contributed by atoms with Crippen LogP contribution in [0, 0.1) is 5.92 Å². The molecule has 2 aromatic heterocycles. The van der Waals surface area contributed by atoms with Gasteiger partial charge in [0.25, 0.3) is 0 Å². The second kappa shape index (κ2) is 6.68. The van der Waals surface area contributed by atoms with Crippen LogP contribution < -0.4 is 4.90 Å². The van der Waals surface area contributed by atoms with Crippen molar-refractivity contribution in [1.82, 2.24) is 19.9 Å². The van der Waals surface area contributed by atoms with Gasteiger partial charge in [-0.3, -0.25) is 9.78 Å². The Kier molecular flexibility index (Phi) is 4.25. The normalized spacial score (nSPS) is 21.9. The van der Waals surface area contributed by atoms with Gasteiger partial charge in [-0.15, -0.1) is 0 Å². The number of anilines is 1. The minimum absolute atomic E-state index is 0.0312. The van der Waals surface area contributed by atoms with E-state index in [-0.39, 0.29) is 11.8 Å². The van der Waals surface area contributed by atoms with E-state index < -0.39 is 0 Å². The van der Waals surface area contributed by atoms with Crippen LogP contribution in [-0.2, 0) is 9.53 Å². The van der Waals surface area contributed by atoms with E-state index in [0.717, 1.165) is 36.1 Å². The molecule has 0 radical (unpaired) electrons. The summed E-state index contributed by atoms with van der Waals surface area (Å²) in [7, 11) is 0. The molecule has 0 saturated carbocycles. The van der Waals surface area contributed by atoms with Crippen molar-refractivity contribution in [2.24, 2.45) is 5.92 Å². The highest BCUT2D eigenvalue weighted by atomic mass is 16.5. The third-order valence-electron chi connectivity index (χ3n) is 4.81. The Balaban J connectivity index is 1.55. The molecule has 7 nitrogen and oxygen atoms in total. The van der Waals surface area contributed by atoms with Gasteiger partial charge in [-0.2, -0.15) is 0 Å². The zero-order valence-electron chi connectivity index (χ0n) is 13.6. The lowest BCUT2D eigenvalue weighted by atomic mass is 9.96. The Morgan fingerprint density at radius 1 is 1.21 bits per heavy atom. The molecule has 2 fully saturated rings. The van der Waals surface area contributed by atoms with Crippen LogP contribution in [0.15, 0.2) is 24.8 Å². The van der Waals surface area contributed by atoms with Gasteiger partial charge in [-0.25, -0.2) is 9.97 Å². The molecule has 0 bridgehead atoms. The zero-order chi connectivity index (χ0) is 16.4. The summed E-state index contributed by atoms with van der Waals surface area (Å²) < 4.78 is 5.35. The van der Waals surface area contributed by atoms with Crippen LogP contribution >= 0.6 is 0 Å². The number of rotatable bonds is 2. The van der Waals surface area contributed by atoms with E-state index >= 15 is 0 Å². The Morgan fingerprint density at radius 2 is 2.08 bits per heavy atom. The molecule has 0 N–H and O–H groups in total. The molecule has 2 aliphatic rings. The second-order valence-electron chi connectivity index (χ2n) is 6.31. The molecule has 2 saturated heterocycles. The van der Waals surface area contributed by atoms with Gasteiger partial charge in [0.1, 0.15) is 12.1 Å². The maximum atomic E-state index is 12.8. The molecule has 1 amide bonds. The maximum absolute atomic E-state index is 12.8. The van der Waals surface area contributed by atoms with Gasteiger partial charge in [-0.1, -0.05) is 0 Å². The van der Waals surface area contributed by atoms with Gasteiger partial charge >= 0.3 is 0 Å². The fourth-order valence-corrected chi connectivity index (χ4v) is 3.56. The van der Waals surface area contributed by atoms with Crippen molar-refractivity contribution in [2.45, 2.75) is 12.8 Å². The van der Waals surface area contributed by atoms with Crippen molar-refractivity contribution in [3.8, 4) is 0 Å². The fourth-order valence-electron chi connectivity index (χ4n) is 3.56. The number of nitrogens with zero attached hydrogens (tertiary/aromatic N) is 5. The maximum Gasteiger partial charge on any atom is 0.227 e. The summed E-state index contributed by atoms with van der Waals surface area (Å²) in [6.45, 7) is 4.33. The van der Waals surface area contributed by atoms with Crippen molar-refractivity contribution in [2.75, 3.05) is 44.3 Å². The molecular formula is C17H21N5O2. The van der Waals surface area contributed by atoms with Gasteiger partial charge in [0.2, 0.25) is 5.91 Å². The SMILES string of the molecule is O=C(C1CCCN(c2ncnc3cnccc23)C1)N1CCOCC1. The highest BCUT2D eigenvalue weighted by Crippen LogP contribution is 2.27. The summed E-state index contributed by atoms with van der Waals surface area (Å²) in [6, 6.07) is 1.94. The third kappa shape index (κ3) is 2.91. The highest BCUT2D eigenvalue weighted by molar-refractivity contribution is 5.89. The number of aromatic nitrogens is 3. The van der Waals surface area contributed by atoms with E-state index in [0.29, 0.717) is 32.8 Å². The topological polar surface area (TPSA) is 71.5 Å². The van der Waals surface area contributed by atoms with E-state index in [2.05, 4.69) is 19.9 Å². The second-order valence-corrected chi connectivity index (χ2v) is 6.31. The molecule has 1 atom stereocenters. The first kappa shape index (κ1) is 15.3. The van der Waals surface area contributed by atoms with Crippen LogP contribution in [0.2, 0.25) is 0 Å². The molecule has 4 heterocycles. The highest BCUT2D eigenvalue weighted by Gasteiger charge is 2.31. The van der Waals surface area contributed by atoms with Crippen LogP contribution in [0.25, 0.3) is 10.9 Å². The zero-order valence-corrected chi connectivity index (χ0v) is 13.6. The molecule has 24 heavy (non-hydrogen) atoms. The smallest absolute Gasteiger partial charge is 0.227 e. The number of fused-ring (bicyclic) bond motifs is 1. The fraction of sp³-hybridized carbons (Fsp3) is 0.529. The lowest BCUT2D eigenvalue weighted by Crippen LogP contribution is -2.48. The van der Waals surface area contributed by atoms with Crippen LogP contribution in [-0.4, -0.2) is 65.2 Å². The summed E-state index contributed by atoms with van der Waals surface area (Å²) in [5.41, 5.74) is 0.837. The lowest BCUT2D eigenvalue weighted by molar-refractivity contribution is -0.139. The summed E-state index contributed by atoms with van der Waals surface area (Å²) >= 11 is 0. The number of hydrogen-bond acceptors (Lipinski definition) is 6. The molecule has 2 aromatic rings. The largest absolute Gasteiger partial charge is 0.378 e. The van der Waals surface area contributed by atoms with Crippen molar-refractivity contribution in [3.05, 3.63) is 24.8 Å². The van der Waals surface area contributed by atoms with Crippen molar-refractivity contribution < 1.29 is 9.53 Å². The number of morpholine rings is 1. The molecular weight excluding hydrogens is 306 g/mol. The first-order chi connectivity index (χ1) is 11.8. The Hall–Kier alpha value is -2.28. The van der Waals surface area contributed by atoms with Gasteiger partial charge in [0.15, 0.2) is 0 Å². The number of piperidine rings is 1. The Bertz CT molecular complexity index is 726. The van der Waals surface area contributed by atoms with Crippen molar-refractivity contribution in [3.63, 3.8) is 0 Å². The molecule has 126 valence electrons. The van der Waals surface area contributed by atoms with E-state index in [1.807, 2.05) is 11.0 Å². The van der Waals surface area contributed by atoms with Crippen molar-refractivity contribution >= 4 is 22.6 Å². The van der Waals surface area contributed by atoms with E-state index in [4.69, 9.17) is 4.74 Å². The molecule has 0 aliphatic carbocycles. The van der Waals surface area contributed by atoms with E-state index in [9.17, 15) is 4.79 Å². The monoisotopic (exact) mass is 327 g/mol. The Morgan fingerprint density at radius 3 is 2.96 bits per heavy atom. The summed E-state index contributed by atoms with van der Waals surface area (Å²) in [6.07, 6.45) is 7.03. The van der Waals surface area contributed by atoms with Gasteiger partial charge in [0, 0.05) is 37.8 Å². The number of hydrogen-bond donors (Lipinski definition) is 0. The standard InChI is InChI=1S/C17H21N5O2/c23-17(21-6-8-24-9-7-21)13-2-1-5-22(11-13)16-14-3-4-18-10-15(14)19-12-20-16/h3-4,10,12-13H,1-2,5-9,11H2. The molecule has 4 rings (SSSR count). The van der Waals surface area contributed by atoms with Crippen LogP contribution in [0.3, 0.4) is 0 Å². The number of carbonyl (C=O) groups excluding carboxylic acids is 1. The molecule has 0 spiro atoms. The minimum atomic E-state index is 0.0312. The average Bonchev–Trinajstić information content (AvgIpc) is 2.68. The molecule has 1 unspecified atom stereocenters. The van der Waals surface area contributed by atoms with E-state index in [1.54, 1.807) is 18.7 Å². The van der Waals surface area contributed by atoms with E-state index in [1.165, 1.54) is 0 Å². The first-order valence-corrected chi connectivity index (χ1v) is 8.49. The van der Waals surface area contributed by atoms with Gasteiger partial charge < -0.3 is 14.5 Å². The molecule has 7 heteroatoms. The number of pyridine rings is 1. The predicted molar refractivity (Wildman–Crippen MR) is 89.7 cm³/mol. The van der Waals surface area contributed by atoms with Gasteiger partial charge in [-0.05, 0) is 18.9 Å². The number of amides is 1. The molecule has 0 aromatic carbocycles. The molecule has 2 aliphatic heterocycles. The minimum Gasteiger partial charge on any atom is -0.378 e. The van der Waals surface area contributed by atoms with Crippen LogP contribution in [0.4, 0.5) is 5.82 Å². The predicted octanol–water partition coefficient (Wildman–Crippen LogP) is 1.10. The first-order valence-electron chi connectivity index (χ1n) is 8.49. The summed E-state index contributed by atoms with van der Waals surface area (Å²) in [5, 5.41) is 0.993. The van der Waals surface area contributed by atoms with Crippen LogP contribution in [0.5, 0.6) is 0 Å². The number of ether oxygens (including phenoxy) is 1. The lowest BCUT2D eigenvalue weighted by Gasteiger charge is -2.36. The number of carbonyl (C=O) groups is 1.